The highest BCUT2D eigenvalue weighted by Gasteiger charge is 2.17. The molecule has 2 aromatic carbocycles. The Morgan fingerprint density at radius 3 is 2.33 bits per heavy atom. The molecule has 6 nitrogen and oxygen atoms in total. The summed E-state index contributed by atoms with van der Waals surface area (Å²) in [6.45, 7) is 4.20. The lowest BCUT2D eigenvalue weighted by Gasteiger charge is -2.25. The van der Waals surface area contributed by atoms with E-state index in [9.17, 15) is 14.0 Å². The van der Waals surface area contributed by atoms with Crippen molar-refractivity contribution in [2.45, 2.75) is 19.9 Å². The number of carbonyl (C=O) groups is 2. The number of hydrogen-bond acceptors (Lipinski definition) is 3. The van der Waals surface area contributed by atoms with Crippen LogP contribution in [0.5, 0.6) is 5.75 Å². The first-order valence-corrected chi connectivity index (χ1v) is 8.69. The van der Waals surface area contributed by atoms with E-state index in [1.54, 1.807) is 43.4 Å². The third-order valence-electron chi connectivity index (χ3n) is 4.10. The molecule has 2 N–H and O–H groups in total. The molecule has 3 amide bonds. The Morgan fingerprint density at radius 1 is 1.11 bits per heavy atom. The van der Waals surface area contributed by atoms with Crippen molar-refractivity contribution in [3.63, 3.8) is 0 Å². The number of urea groups is 1. The quantitative estimate of drug-likeness (QED) is 0.780. The van der Waals surface area contributed by atoms with Gasteiger partial charge >= 0.3 is 6.03 Å². The molecule has 0 aliphatic rings. The highest BCUT2D eigenvalue weighted by Crippen LogP contribution is 2.21. The van der Waals surface area contributed by atoms with Crippen molar-refractivity contribution >= 4 is 17.6 Å². The van der Waals surface area contributed by atoms with E-state index in [0.717, 1.165) is 5.56 Å². The van der Waals surface area contributed by atoms with Gasteiger partial charge in [-0.2, -0.15) is 0 Å². The van der Waals surface area contributed by atoms with Gasteiger partial charge in [-0.3, -0.25) is 4.79 Å². The van der Waals surface area contributed by atoms with Crippen molar-refractivity contribution in [3.8, 4) is 5.75 Å². The van der Waals surface area contributed by atoms with Gasteiger partial charge in [-0.25, -0.2) is 9.18 Å². The molecule has 0 aliphatic heterocycles. The molecular weight excluding hydrogens is 349 g/mol. The van der Waals surface area contributed by atoms with E-state index in [4.69, 9.17) is 4.74 Å². The normalized spacial score (nSPS) is 11.4. The largest absolute Gasteiger partial charge is 0.484 e. The molecule has 0 fully saturated rings. The number of nitrogens with zero attached hydrogens (tertiary/aromatic N) is 1. The summed E-state index contributed by atoms with van der Waals surface area (Å²) < 4.78 is 18.4. The summed E-state index contributed by atoms with van der Waals surface area (Å²) in [4.78, 5) is 25.3. The standard InChI is InChI=1S/C20H24FN3O3/c1-4-22-19(25)13-27-18-11-9-17(10-12-18)23-20(26)24(3)14(2)15-5-7-16(21)8-6-15/h5-12,14H,4,13H2,1-3H3,(H,22,25)(H,23,26)/t14-/m0/s1. The van der Waals surface area contributed by atoms with Crippen LogP contribution in [0.4, 0.5) is 14.9 Å². The third kappa shape index (κ3) is 5.99. The first kappa shape index (κ1) is 20.2. The van der Waals surface area contributed by atoms with E-state index in [2.05, 4.69) is 10.6 Å². The van der Waals surface area contributed by atoms with Gasteiger partial charge in [0.2, 0.25) is 0 Å². The van der Waals surface area contributed by atoms with Crippen molar-refractivity contribution in [2.75, 3.05) is 25.5 Å². The van der Waals surface area contributed by atoms with Crippen molar-refractivity contribution < 1.29 is 18.7 Å². The predicted octanol–water partition coefficient (Wildman–Crippen LogP) is 3.57. The first-order chi connectivity index (χ1) is 12.9. The second-order valence-corrected chi connectivity index (χ2v) is 6.04. The van der Waals surface area contributed by atoms with Gasteiger partial charge in [-0.05, 0) is 55.8 Å². The maximum Gasteiger partial charge on any atom is 0.322 e. The predicted molar refractivity (Wildman–Crippen MR) is 102 cm³/mol. The van der Waals surface area contributed by atoms with E-state index >= 15 is 0 Å². The van der Waals surface area contributed by atoms with E-state index in [-0.39, 0.29) is 30.4 Å². The Balaban J connectivity index is 1.90. The lowest BCUT2D eigenvalue weighted by molar-refractivity contribution is -0.122. The van der Waals surface area contributed by atoms with Gasteiger partial charge in [0.05, 0.1) is 6.04 Å². The zero-order chi connectivity index (χ0) is 19.8. The number of halogens is 1. The lowest BCUT2D eigenvalue weighted by Crippen LogP contribution is -2.33. The van der Waals surface area contributed by atoms with E-state index in [1.807, 2.05) is 13.8 Å². The third-order valence-corrected chi connectivity index (χ3v) is 4.10. The van der Waals surface area contributed by atoms with Crippen LogP contribution < -0.4 is 15.4 Å². The number of anilines is 1. The summed E-state index contributed by atoms with van der Waals surface area (Å²) in [6.07, 6.45) is 0. The monoisotopic (exact) mass is 373 g/mol. The maximum atomic E-state index is 13.0. The molecule has 0 bridgehead atoms. The molecule has 2 aromatic rings. The van der Waals surface area contributed by atoms with Crippen LogP contribution >= 0.6 is 0 Å². The van der Waals surface area contributed by atoms with Crippen molar-refractivity contribution in [2.24, 2.45) is 0 Å². The number of nitrogens with one attached hydrogen (secondary N) is 2. The number of carbonyl (C=O) groups excluding carboxylic acids is 2. The summed E-state index contributed by atoms with van der Waals surface area (Å²) >= 11 is 0. The van der Waals surface area contributed by atoms with Crippen LogP contribution in [0.2, 0.25) is 0 Å². The van der Waals surface area contributed by atoms with Gasteiger partial charge in [0.25, 0.3) is 5.91 Å². The molecule has 0 heterocycles. The number of likely N-dealkylation sites (N-methyl/N-ethyl adjacent to an activating group) is 1. The average Bonchev–Trinajstić information content (AvgIpc) is 2.67. The zero-order valence-corrected chi connectivity index (χ0v) is 15.7. The van der Waals surface area contributed by atoms with Gasteiger partial charge in [0.15, 0.2) is 6.61 Å². The Hall–Kier alpha value is -3.09. The fourth-order valence-electron chi connectivity index (χ4n) is 2.38. The summed E-state index contributed by atoms with van der Waals surface area (Å²) in [5.74, 6) is 0.0334. The Morgan fingerprint density at radius 2 is 1.74 bits per heavy atom. The van der Waals surface area contributed by atoms with Crippen LogP contribution in [0.15, 0.2) is 48.5 Å². The molecule has 0 radical (unpaired) electrons. The molecule has 7 heteroatoms. The molecule has 0 unspecified atom stereocenters. The number of ether oxygens (including phenoxy) is 1. The Labute approximate surface area is 158 Å². The highest BCUT2D eigenvalue weighted by atomic mass is 19.1. The minimum atomic E-state index is -0.312. The van der Waals surface area contributed by atoms with Gasteiger partial charge in [0.1, 0.15) is 11.6 Å². The Kier molecular flexibility index (Phi) is 7.16. The molecular formula is C20H24FN3O3. The van der Waals surface area contributed by atoms with Crippen LogP contribution in [0, 0.1) is 5.82 Å². The molecule has 0 saturated heterocycles. The first-order valence-electron chi connectivity index (χ1n) is 8.69. The number of rotatable bonds is 7. The summed E-state index contributed by atoms with van der Waals surface area (Å²) in [7, 11) is 1.67. The lowest BCUT2D eigenvalue weighted by atomic mass is 10.1. The van der Waals surface area contributed by atoms with Crippen LogP contribution in [-0.2, 0) is 4.79 Å². The minimum absolute atomic E-state index is 0.0581. The number of benzene rings is 2. The molecule has 0 aliphatic carbocycles. The summed E-state index contributed by atoms with van der Waals surface area (Å²) in [5.41, 5.74) is 1.44. The smallest absolute Gasteiger partial charge is 0.322 e. The van der Waals surface area contributed by atoms with Crippen molar-refractivity contribution in [1.29, 1.82) is 0 Å². The molecule has 0 saturated carbocycles. The average molecular weight is 373 g/mol. The summed E-state index contributed by atoms with van der Waals surface area (Å²) in [5, 5.41) is 5.44. The molecule has 2 rings (SSSR count). The van der Waals surface area contributed by atoms with Gasteiger partial charge in [0, 0.05) is 19.3 Å². The van der Waals surface area contributed by atoms with Crippen LogP contribution in [0.3, 0.4) is 0 Å². The minimum Gasteiger partial charge on any atom is -0.484 e. The highest BCUT2D eigenvalue weighted by molar-refractivity contribution is 5.89. The van der Waals surface area contributed by atoms with E-state index in [0.29, 0.717) is 18.0 Å². The van der Waals surface area contributed by atoms with E-state index in [1.165, 1.54) is 17.0 Å². The van der Waals surface area contributed by atoms with Gasteiger partial charge < -0.3 is 20.3 Å². The molecule has 0 aromatic heterocycles. The number of amides is 3. The zero-order valence-electron chi connectivity index (χ0n) is 15.7. The SMILES string of the molecule is CCNC(=O)COc1ccc(NC(=O)N(C)[C@@H](C)c2ccc(F)cc2)cc1. The van der Waals surface area contributed by atoms with Crippen LogP contribution in [0.25, 0.3) is 0 Å². The van der Waals surface area contributed by atoms with Crippen LogP contribution in [-0.4, -0.2) is 37.0 Å². The molecule has 0 spiro atoms. The van der Waals surface area contributed by atoms with Crippen molar-refractivity contribution in [3.05, 3.63) is 59.9 Å². The fourth-order valence-corrected chi connectivity index (χ4v) is 2.38. The second-order valence-electron chi connectivity index (χ2n) is 6.04. The molecule has 144 valence electrons. The topological polar surface area (TPSA) is 70.7 Å². The Bertz CT molecular complexity index is 763. The fraction of sp³-hybridized carbons (Fsp3) is 0.300. The van der Waals surface area contributed by atoms with E-state index < -0.39 is 0 Å². The van der Waals surface area contributed by atoms with Gasteiger partial charge in [-0.15, -0.1) is 0 Å². The van der Waals surface area contributed by atoms with Crippen molar-refractivity contribution in [1.82, 2.24) is 10.2 Å². The molecule has 1 atom stereocenters. The van der Waals surface area contributed by atoms with Crippen LogP contribution in [0.1, 0.15) is 25.5 Å². The number of hydrogen-bond donors (Lipinski definition) is 2. The van der Waals surface area contributed by atoms with Gasteiger partial charge in [-0.1, -0.05) is 12.1 Å². The summed E-state index contributed by atoms with van der Waals surface area (Å²) in [6, 6.07) is 12.3. The maximum absolute atomic E-state index is 13.0. The second kappa shape index (κ2) is 9.56. The molecule has 27 heavy (non-hydrogen) atoms.